The first-order valence-corrected chi connectivity index (χ1v) is 6.49. The molecule has 1 saturated carbocycles. The van der Waals surface area contributed by atoms with Crippen LogP contribution in [-0.2, 0) is 14.3 Å². The Bertz CT molecular complexity index is 393. The van der Waals surface area contributed by atoms with Crippen LogP contribution in [0.15, 0.2) is 0 Å². The number of alkyl halides is 1. The number of esters is 1. The molecule has 5 nitrogen and oxygen atoms in total. The first kappa shape index (κ1) is 14.1. The smallest absolute Gasteiger partial charge is 0.411 e. The molecule has 4 atom stereocenters. The second kappa shape index (κ2) is 4.65. The lowest BCUT2D eigenvalue weighted by atomic mass is 9.79. The van der Waals surface area contributed by atoms with Gasteiger partial charge in [0, 0.05) is 12.0 Å². The topological polar surface area (TPSA) is 55.8 Å². The first-order valence-electron chi connectivity index (χ1n) is 6.49. The Morgan fingerprint density at radius 2 is 1.89 bits per heavy atom. The third-order valence-electron chi connectivity index (χ3n) is 3.70. The molecule has 1 saturated heterocycles. The van der Waals surface area contributed by atoms with Crippen molar-refractivity contribution in [1.82, 2.24) is 4.90 Å². The lowest BCUT2D eigenvalue weighted by molar-refractivity contribution is -0.147. The number of hydrogen-bond donors (Lipinski definition) is 0. The molecule has 1 aliphatic carbocycles. The van der Waals surface area contributed by atoms with E-state index in [1.54, 1.807) is 20.8 Å². The van der Waals surface area contributed by atoms with Gasteiger partial charge in [-0.05, 0) is 33.6 Å². The molecule has 0 radical (unpaired) electrons. The molecule has 108 valence electrons. The van der Waals surface area contributed by atoms with Crippen molar-refractivity contribution in [3.63, 3.8) is 0 Å². The maximum absolute atomic E-state index is 14.2. The predicted molar refractivity (Wildman–Crippen MR) is 65.3 cm³/mol. The van der Waals surface area contributed by atoms with Crippen LogP contribution in [0.5, 0.6) is 0 Å². The van der Waals surface area contributed by atoms with Crippen LogP contribution >= 0.6 is 0 Å². The minimum Gasteiger partial charge on any atom is -0.467 e. The molecule has 1 amide bonds. The summed E-state index contributed by atoms with van der Waals surface area (Å²) < 4.78 is 24.1. The van der Waals surface area contributed by atoms with E-state index in [0.717, 1.165) is 0 Å². The van der Waals surface area contributed by atoms with E-state index in [2.05, 4.69) is 4.74 Å². The second-order valence-electron chi connectivity index (χ2n) is 6.11. The molecule has 2 aliphatic rings. The van der Waals surface area contributed by atoms with E-state index in [-0.39, 0.29) is 12.0 Å². The normalized spacial score (nSPS) is 33.4. The molecule has 0 N–H and O–H groups in total. The van der Waals surface area contributed by atoms with Crippen LogP contribution < -0.4 is 0 Å². The molecule has 0 aromatic carbocycles. The van der Waals surface area contributed by atoms with E-state index in [0.29, 0.717) is 12.8 Å². The van der Waals surface area contributed by atoms with E-state index in [1.807, 2.05) is 0 Å². The molecular weight excluding hydrogens is 253 g/mol. The molecule has 19 heavy (non-hydrogen) atoms. The van der Waals surface area contributed by atoms with Crippen LogP contribution in [0.4, 0.5) is 9.18 Å². The molecule has 1 aliphatic heterocycles. The summed E-state index contributed by atoms with van der Waals surface area (Å²) in [5.74, 6) is -0.982. The predicted octanol–water partition coefficient (Wildman–Crippen LogP) is 1.90. The zero-order valence-corrected chi connectivity index (χ0v) is 11.7. The number of amides is 1. The molecule has 0 unspecified atom stereocenters. The van der Waals surface area contributed by atoms with Crippen LogP contribution in [0, 0.1) is 5.92 Å². The zero-order valence-electron chi connectivity index (χ0n) is 11.7. The van der Waals surface area contributed by atoms with Crippen LogP contribution in [0.2, 0.25) is 0 Å². The summed E-state index contributed by atoms with van der Waals surface area (Å²) in [5, 5.41) is 0. The summed E-state index contributed by atoms with van der Waals surface area (Å²) in [6, 6.07) is -1.41. The van der Waals surface area contributed by atoms with Gasteiger partial charge in [0.15, 0.2) is 6.04 Å². The SMILES string of the molecule is COC(=O)[C@@H]1[C@@H](F)[C@H]2CC[C@H]2N1C(=O)OC(C)(C)C. The van der Waals surface area contributed by atoms with Gasteiger partial charge in [-0.15, -0.1) is 0 Å². The van der Waals surface area contributed by atoms with Gasteiger partial charge in [-0.2, -0.15) is 0 Å². The standard InChI is InChI=1S/C13H20FNO4/c1-13(2,3)19-12(17)15-8-6-5-7(8)9(14)10(15)11(16)18-4/h7-10H,5-6H2,1-4H3/t7-,8+,9-,10-/m0/s1. The highest BCUT2D eigenvalue weighted by atomic mass is 19.1. The van der Waals surface area contributed by atoms with E-state index < -0.39 is 29.9 Å². The Labute approximate surface area is 112 Å². The molecule has 2 rings (SSSR count). The number of methoxy groups -OCH3 is 1. The molecule has 2 fully saturated rings. The van der Waals surface area contributed by atoms with Gasteiger partial charge in [0.25, 0.3) is 0 Å². The molecular formula is C13H20FNO4. The van der Waals surface area contributed by atoms with E-state index in [4.69, 9.17) is 4.74 Å². The van der Waals surface area contributed by atoms with Crippen molar-refractivity contribution in [3.05, 3.63) is 0 Å². The third-order valence-corrected chi connectivity index (χ3v) is 3.70. The number of likely N-dealkylation sites (tertiary alicyclic amines) is 1. The Morgan fingerprint density at radius 1 is 1.26 bits per heavy atom. The quantitative estimate of drug-likeness (QED) is 0.685. The van der Waals surface area contributed by atoms with Gasteiger partial charge in [-0.25, -0.2) is 14.0 Å². The van der Waals surface area contributed by atoms with Gasteiger partial charge in [-0.3, -0.25) is 4.90 Å². The van der Waals surface area contributed by atoms with Gasteiger partial charge in [0.05, 0.1) is 7.11 Å². The monoisotopic (exact) mass is 273 g/mol. The zero-order chi connectivity index (χ0) is 14.4. The van der Waals surface area contributed by atoms with Crippen molar-refractivity contribution in [3.8, 4) is 0 Å². The highest BCUT2D eigenvalue weighted by Crippen LogP contribution is 2.46. The van der Waals surface area contributed by atoms with Gasteiger partial charge in [0.1, 0.15) is 11.8 Å². The fourth-order valence-electron chi connectivity index (χ4n) is 2.75. The number of rotatable bonds is 1. The van der Waals surface area contributed by atoms with Crippen molar-refractivity contribution in [2.24, 2.45) is 5.92 Å². The number of halogens is 1. The highest BCUT2D eigenvalue weighted by Gasteiger charge is 2.59. The maximum Gasteiger partial charge on any atom is 0.411 e. The highest BCUT2D eigenvalue weighted by molar-refractivity contribution is 5.83. The van der Waals surface area contributed by atoms with Crippen molar-refractivity contribution >= 4 is 12.1 Å². The number of ether oxygens (including phenoxy) is 2. The third kappa shape index (κ3) is 2.40. The Morgan fingerprint density at radius 3 is 2.32 bits per heavy atom. The van der Waals surface area contributed by atoms with E-state index in [1.165, 1.54) is 12.0 Å². The molecule has 1 heterocycles. The fourth-order valence-corrected chi connectivity index (χ4v) is 2.75. The molecule has 0 aromatic rings. The largest absolute Gasteiger partial charge is 0.467 e. The van der Waals surface area contributed by atoms with Crippen LogP contribution in [0.3, 0.4) is 0 Å². The van der Waals surface area contributed by atoms with Crippen molar-refractivity contribution in [2.45, 2.75) is 57.5 Å². The Kier molecular flexibility index (Phi) is 3.45. The number of hydrogen-bond acceptors (Lipinski definition) is 4. The molecule has 0 bridgehead atoms. The van der Waals surface area contributed by atoms with Gasteiger partial charge < -0.3 is 9.47 Å². The molecule has 0 aromatic heterocycles. The van der Waals surface area contributed by atoms with Crippen LogP contribution in [0.1, 0.15) is 33.6 Å². The van der Waals surface area contributed by atoms with E-state index >= 15 is 0 Å². The van der Waals surface area contributed by atoms with Crippen molar-refractivity contribution in [1.29, 1.82) is 0 Å². The Hall–Kier alpha value is -1.33. The van der Waals surface area contributed by atoms with Crippen LogP contribution in [0.25, 0.3) is 0 Å². The number of nitrogens with zero attached hydrogens (tertiary/aromatic N) is 1. The number of carbonyl (C=O) groups is 2. The summed E-state index contributed by atoms with van der Waals surface area (Å²) >= 11 is 0. The summed E-state index contributed by atoms with van der Waals surface area (Å²) in [6.07, 6.45) is -0.604. The maximum atomic E-state index is 14.2. The minimum absolute atomic E-state index is 0.242. The average Bonchev–Trinajstić information content (AvgIpc) is 2.42. The number of fused-ring (bicyclic) bond motifs is 1. The lowest BCUT2D eigenvalue weighted by Crippen LogP contribution is -2.50. The first-order chi connectivity index (χ1) is 8.76. The summed E-state index contributed by atoms with van der Waals surface area (Å²) in [6.45, 7) is 5.21. The van der Waals surface area contributed by atoms with Gasteiger partial charge in [-0.1, -0.05) is 0 Å². The Balaban J connectivity index is 2.20. The molecule has 0 spiro atoms. The average molecular weight is 273 g/mol. The van der Waals surface area contributed by atoms with Crippen molar-refractivity contribution < 1.29 is 23.5 Å². The molecule has 6 heteroatoms. The summed E-state index contributed by atoms with van der Waals surface area (Å²) in [5.41, 5.74) is -0.675. The minimum atomic E-state index is -1.36. The van der Waals surface area contributed by atoms with Crippen molar-refractivity contribution in [2.75, 3.05) is 7.11 Å². The van der Waals surface area contributed by atoms with Gasteiger partial charge in [0.2, 0.25) is 0 Å². The lowest BCUT2D eigenvalue weighted by Gasteiger charge is -2.37. The van der Waals surface area contributed by atoms with Crippen LogP contribution in [-0.4, -0.2) is 47.9 Å². The van der Waals surface area contributed by atoms with Gasteiger partial charge >= 0.3 is 12.1 Å². The summed E-state index contributed by atoms with van der Waals surface area (Å²) in [7, 11) is 1.20. The van der Waals surface area contributed by atoms with E-state index in [9.17, 15) is 14.0 Å². The summed E-state index contributed by atoms with van der Waals surface area (Å²) in [4.78, 5) is 25.1. The number of carbonyl (C=O) groups excluding carboxylic acids is 2. The second-order valence-corrected chi connectivity index (χ2v) is 6.11. The fraction of sp³-hybridized carbons (Fsp3) is 0.846.